The molecule has 1 amide bonds. The molecule has 0 radical (unpaired) electrons. The highest BCUT2D eigenvalue weighted by atomic mass is 32.2. The Morgan fingerprint density at radius 2 is 1.57 bits per heavy atom. The smallest absolute Gasteiger partial charge is 0.251 e. The molecule has 3 rings (SSSR count). The van der Waals surface area contributed by atoms with Crippen molar-refractivity contribution in [1.82, 2.24) is 9.62 Å². The van der Waals surface area contributed by atoms with Crippen LogP contribution in [0.25, 0.3) is 0 Å². The van der Waals surface area contributed by atoms with Gasteiger partial charge in [0.15, 0.2) is 0 Å². The molecule has 1 fully saturated rings. The van der Waals surface area contributed by atoms with Gasteiger partial charge in [-0.2, -0.15) is 4.31 Å². The van der Waals surface area contributed by atoms with Gasteiger partial charge in [0.05, 0.1) is 5.75 Å². The van der Waals surface area contributed by atoms with Gasteiger partial charge in [-0.15, -0.1) is 0 Å². The maximum atomic E-state index is 12.6. The van der Waals surface area contributed by atoms with Crippen LogP contribution < -0.4 is 10.2 Å². The van der Waals surface area contributed by atoms with Crippen molar-refractivity contribution < 1.29 is 13.2 Å². The number of aryl methyl sites for hydroxylation is 2. The molecule has 0 aliphatic carbocycles. The molecule has 150 valence electrons. The van der Waals surface area contributed by atoms with Crippen molar-refractivity contribution in [3.8, 4) is 0 Å². The first kappa shape index (κ1) is 20.4. The standard InChI is InChI=1S/C21H27N3O3S/c1-17-14-18(2)16-19(15-17)21(25)22-8-13-28(26,27)24-11-9-23(10-12-24)20-6-4-3-5-7-20/h3-7,14-16H,8-13H2,1-2H3,(H,22,25). The fourth-order valence-corrected chi connectivity index (χ4v) is 4.83. The minimum Gasteiger partial charge on any atom is -0.369 e. The summed E-state index contributed by atoms with van der Waals surface area (Å²) >= 11 is 0. The summed E-state index contributed by atoms with van der Waals surface area (Å²) in [5, 5.41) is 2.73. The van der Waals surface area contributed by atoms with Gasteiger partial charge >= 0.3 is 0 Å². The zero-order chi connectivity index (χ0) is 20.1. The number of carbonyl (C=O) groups is 1. The molecule has 0 saturated carbocycles. The molecule has 2 aromatic rings. The number of anilines is 1. The number of carbonyl (C=O) groups excluding carboxylic acids is 1. The van der Waals surface area contributed by atoms with E-state index in [0.717, 1.165) is 16.8 Å². The summed E-state index contributed by atoms with van der Waals surface area (Å²) < 4.78 is 26.7. The second kappa shape index (κ2) is 8.75. The average molecular weight is 402 g/mol. The van der Waals surface area contributed by atoms with Crippen LogP contribution in [0.4, 0.5) is 5.69 Å². The number of nitrogens with one attached hydrogen (secondary N) is 1. The molecule has 28 heavy (non-hydrogen) atoms. The summed E-state index contributed by atoms with van der Waals surface area (Å²) in [6.07, 6.45) is 0. The zero-order valence-corrected chi connectivity index (χ0v) is 17.2. The first-order valence-electron chi connectivity index (χ1n) is 9.49. The van der Waals surface area contributed by atoms with Gasteiger partial charge in [0, 0.05) is 44.0 Å². The molecular weight excluding hydrogens is 374 g/mol. The zero-order valence-electron chi connectivity index (χ0n) is 16.4. The summed E-state index contributed by atoms with van der Waals surface area (Å²) in [4.78, 5) is 14.5. The molecule has 0 spiro atoms. The van der Waals surface area contributed by atoms with Crippen molar-refractivity contribution >= 4 is 21.6 Å². The van der Waals surface area contributed by atoms with E-state index >= 15 is 0 Å². The molecular formula is C21H27N3O3S. The monoisotopic (exact) mass is 401 g/mol. The van der Waals surface area contributed by atoms with Gasteiger partial charge in [-0.05, 0) is 38.1 Å². The Balaban J connectivity index is 1.50. The van der Waals surface area contributed by atoms with Crippen molar-refractivity contribution in [3.63, 3.8) is 0 Å². The van der Waals surface area contributed by atoms with E-state index in [1.54, 1.807) is 12.1 Å². The summed E-state index contributed by atoms with van der Waals surface area (Å²) in [5.41, 5.74) is 3.69. The lowest BCUT2D eigenvalue weighted by Gasteiger charge is -2.35. The van der Waals surface area contributed by atoms with Gasteiger partial charge in [-0.25, -0.2) is 8.42 Å². The molecule has 0 atom stereocenters. The van der Waals surface area contributed by atoms with Crippen LogP contribution in [0.1, 0.15) is 21.5 Å². The van der Waals surface area contributed by atoms with Crippen LogP contribution in [0.2, 0.25) is 0 Å². The second-order valence-corrected chi connectivity index (χ2v) is 9.26. The Labute approximate surface area is 167 Å². The van der Waals surface area contributed by atoms with E-state index in [0.29, 0.717) is 31.7 Å². The van der Waals surface area contributed by atoms with Crippen LogP contribution in [-0.2, 0) is 10.0 Å². The minimum absolute atomic E-state index is 0.0884. The number of nitrogens with zero attached hydrogens (tertiary/aromatic N) is 2. The summed E-state index contributed by atoms with van der Waals surface area (Å²) in [6.45, 7) is 6.22. The van der Waals surface area contributed by atoms with Crippen molar-refractivity contribution in [2.45, 2.75) is 13.8 Å². The number of piperazine rings is 1. The molecule has 1 aliphatic rings. The lowest BCUT2D eigenvalue weighted by molar-refractivity contribution is 0.0956. The number of benzene rings is 2. The summed E-state index contributed by atoms with van der Waals surface area (Å²) in [6, 6.07) is 15.6. The van der Waals surface area contributed by atoms with Gasteiger partial charge in [-0.3, -0.25) is 4.79 Å². The molecule has 1 heterocycles. The Kier molecular flexibility index (Phi) is 6.36. The van der Waals surface area contributed by atoms with E-state index in [1.807, 2.05) is 50.2 Å². The quantitative estimate of drug-likeness (QED) is 0.806. The summed E-state index contributed by atoms with van der Waals surface area (Å²) in [7, 11) is -3.39. The maximum Gasteiger partial charge on any atom is 0.251 e. The van der Waals surface area contributed by atoms with Crippen molar-refractivity contribution in [2.24, 2.45) is 0 Å². The maximum absolute atomic E-state index is 12.6. The molecule has 0 unspecified atom stereocenters. The Morgan fingerprint density at radius 1 is 0.964 bits per heavy atom. The van der Waals surface area contributed by atoms with Crippen molar-refractivity contribution in [3.05, 3.63) is 65.2 Å². The Morgan fingerprint density at radius 3 is 2.18 bits per heavy atom. The second-order valence-electron chi connectivity index (χ2n) is 7.17. The number of rotatable bonds is 6. The van der Waals surface area contributed by atoms with Crippen molar-refractivity contribution in [2.75, 3.05) is 43.4 Å². The predicted octanol–water partition coefficient (Wildman–Crippen LogP) is 2.19. The third kappa shape index (κ3) is 5.11. The van der Waals surface area contributed by atoms with Crippen LogP contribution in [-0.4, -0.2) is 57.1 Å². The van der Waals surface area contributed by atoms with E-state index in [-0.39, 0.29) is 18.2 Å². The van der Waals surface area contributed by atoms with E-state index in [2.05, 4.69) is 10.2 Å². The third-order valence-corrected chi connectivity index (χ3v) is 6.75. The van der Waals surface area contributed by atoms with E-state index in [1.165, 1.54) is 4.31 Å². The molecule has 7 heteroatoms. The SMILES string of the molecule is Cc1cc(C)cc(C(=O)NCCS(=O)(=O)N2CCN(c3ccccc3)CC2)c1. The molecule has 1 aliphatic heterocycles. The van der Waals surface area contributed by atoms with Crippen molar-refractivity contribution in [1.29, 1.82) is 0 Å². The van der Waals surface area contributed by atoms with Gasteiger partial charge in [0.25, 0.3) is 5.91 Å². The highest BCUT2D eigenvalue weighted by Crippen LogP contribution is 2.17. The molecule has 0 bridgehead atoms. The van der Waals surface area contributed by atoms with Crippen LogP contribution in [0.5, 0.6) is 0 Å². The summed E-state index contributed by atoms with van der Waals surface area (Å²) in [5.74, 6) is -0.328. The van der Waals surface area contributed by atoms with E-state index in [9.17, 15) is 13.2 Å². The fourth-order valence-electron chi connectivity index (χ4n) is 3.49. The van der Waals surface area contributed by atoms with Crippen LogP contribution in [0, 0.1) is 13.8 Å². The first-order valence-corrected chi connectivity index (χ1v) is 11.1. The predicted molar refractivity (Wildman–Crippen MR) is 112 cm³/mol. The van der Waals surface area contributed by atoms with Crippen LogP contribution in [0.3, 0.4) is 0 Å². The Bertz CT molecular complexity index is 901. The lowest BCUT2D eigenvalue weighted by Crippen LogP contribution is -2.50. The normalized spacial score (nSPS) is 15.4. The molecule has 6 nitrogen and oxygen atoms in total. The third-order valence-electron chi connectivity index (χ3n) is 4.88. The number of amides is 1. The van der Waals surface area contributed by atoms with Crippen LogP contribution in [0.15, 0.2) is 48.5 Å². The van der Waals surface area contributed by atoms with Gasteiger partial charge in [0.1, 0.15) is 0 Å². The van der Waals surface area contributed by atoms with Crippen LogP contribution >= 0.6 is 0 Å². The number of hydrogen-bond donors (Lipinski definition) is 1. The number of sulfonamides is 1. The molecule has 1 N–H and O–H groups in total. The topological polar surface area (TPSA) is 69.7 Å². The average Bonchev–Trinajstić information content (AvgIpc) is 2.68. The highest BCUT2D eigenvalue weighted by molar-refractivity contribution is 7.89. The fraction of sp³-hybridized carbons (Fsp3) is 0.381. The number of hydrogen-bond acceptors (Lipinski definition) is 4. The molecule has 2 aromatic carbocycles. The van der Waals surface area contributed by atoms with E-state index in [4.69, 9.17) is 0 Å². The minimum atomic E-state index is -3.39. The molecule has 0 aromatic heterocycles. The van der Waals surface area contributed by atoms with Gasteiger partial charge in [0.2, 0.25) is 10.0 Å². The van der Waals surface area contributed by atoms with Gasteiger partial charge in [-0.1, -0.05) is 35.4 Å². The number of para-hydroxylation sites is 1. The van der Waals surface area contributed by atoms with E-state index < -0.39 is 10.0 Å². The lowest BCUT2D eigenvalue weighted by atomic mass is 10.1. The Hall–Kier alpha value is -2.38. The first-order chi connectivity index (χ1) is 13.3. The largest absolute Gasteiger partial charge is 0.369 e. The van der Waals surface area contributed by atoms with Gasteiger partial charge < -0.3 is 10.2 Å². The highest BCUT2D eigenvalue weighted by Gasteiger charge is 2.26. The molecule has 1 saturated heterocycles.